The van der Waals surface area contributed by atoms with E-state index in [4.69, 9.17) is 14.2 Å². The number of carbonyl (C=O) groups excluding carboxylic acids is 1. The lowest BCUT2D eigenvalue weighted by Crippen LogP contribution is -2.19. The quantitative estimate of drug-likeness (QED) is 0.473. The first kappa shape index (κ1) is 18.0. The van der Waals surface area contributed by atoms with Crippen molar-refractivity contribution >= 4 is 33.3 Å². The van der Waals surface area contributed by atoms with Gasteiger partial charge < -0.3 is 14.2 Å². The van der Waals surface area contributed by atoms with Gasteiger partial charge in [-0.05, 0) is 29.6 Å². The van der Waals surface area contributed by atoms with E-state index in [1.807, 2.05) is 11.4 Å². The number of carbonyl (C=O) groups is 1. The fraction of sp³-hybridized carbons (Fsp3) is 0.222. The van der Waals surface area contributed by atoms with E-state index >= 15 is 0 Å². The zero-order chi connectivity index (χ0) is 19.8. The summed E-state index contributed by atoms with van der Waals surface area (Å²) >= 11 is 1.34. The van der Waals surface area contributed by atoms with Crippen molar-refractivity contribution < 1.29 is 19.0 Å². The Morgan fingerprint density at radius 3 is 2.68 bits per heavy atom. The fourth-order valence-electron chi connectivity index (χ4n) is 2.92. The van der Waals surface area contributed by atoms with Crippen LogP contribution in [0.15, 0.2) is 34.4 Å². The lowest BCUT2D eigenvalue weighted by Gasteiger charge is -2.09. The van der Waals surface area contributed by atoms with Gasteiger partial charge in [-0.3, -0.25) is 13.8 Å². The van der Waals surface area contributed by atoms with Crippen LogP contribution in [0.3, 0.4) is 0 Å². The van der Waals surface area contributed by atoms with Crippen molar-refractivity contribution in [2.75, 3.05) is 14.2 Å². The largest absolute Gasteiger partial charge is 0.493 e. The minimum absolute atomic E-state index is 0.0997. The van der Waals surface area contributed by atoms with E-state index in [0.717, 1.165) is 0 Å². The molecule has 4 aromatic rings. The van der Waals surface area contributed by atoms with E-state index in [1.165, 1.54) is 30.1 Å². The lowest BCUT2D eigenvalue weighted by atomic mass is 10.2. The summed E-state index contributed by atoms with van der Waals surface area (Å²) in [5.74, 6) is 1.21. The second-order valence-electron chi connectivity index (χ2n) is 5.90. The highest BCUT2D eigenvalue weighted by molar-refractivity contribution is 7.17. The fourth-order valence-corrected chi connectivity index (χ4v) is 3.77. The van der Waals surface area contributed by atoms with Crippen molar-refractivity contribution in [2.24, 2.45) is 7.05 Å². The van der Waals surface area contributed by atoms with E-state index in [2.05, 4.69) is 10.2 Å². The van der Waals surface area contributed by atoms with Crippen molar-refractivity contribution in [1.82, 2.24) is 19.2 Å². The SMILES string of the molecule is COc1ccc(C(=O)OCc2nnc3n(C)c(=O)c4sccc4n23)cc1OC. The van der Waals surface area contributed by atoms with E-state index in [-0.39, 0.29) is 12.2 Å². The molecule has 3 heterocycles. The first-order valence-corrected chi connectivity index (χ1v) is 9.12. The molecule has 0 N–H and O–H groups in total. The molecule has 0 amide bonds. The molecule has 0 unspecified atom stereocenters. The maximum Gasteiger partial charge on any atom is 0.338 e. The molecule has 0 bridgehead atoms. The van der Waals surface area contributed by atoms with Crippen LogP contribution in [0.5, 0.6) is 11.5 Å². The highest BCUT2D eigenvalue weighted by atomic mass is 32.1. The molecule has 0 aliphatic heterocycles. The molecule has 9 nitrogen and oxygen atoms in total. The van der Waals surface area contributed by atoms with Crippen LogP contribution >= 0.6 is 11.3 Å². The molecular weight excluding hydrogens is 384 g/mol. The molecule has 4 rings (SSSR count). The van der Waals surface area contributed by atoms with Gasteiger partial charge >= 0.3 is 5.97 Å². The number of esters is 1. The van der Waals surface area contributed by atoms with Crippen molar-refractivity contribution in [3.63, 3.8) is 0 Å². The third-order valence-electron chi connectivity index (χ3n) is 4.35. The van der Waals surface area contributed by atoms with E-state index in [9.17, 15) is 9.59 Å². The zero-order valence-electron chi connectivity index (χ0n) is 15.3. The Balaban J connectivity index is 1.65. The molecule has 0 saturated carbocycles. The lowest BCUT2D eigenvalue weighted by molar-refractivity contribution is 0.0461. The predicted molar refractivity (Wildman–Crippen MR) is 102 cm³/mol. The van der Waals surface area contributed by atoms with Gasteiger partial charge in [-0.1, -0.05) is 0 Å². The monoisotopic (exact) mass is 400 g/mol. The standard InChI is InChI=1S/C18H16N4O5S/c1-21-16(23)15-11(6-7-28-15)22-14(19-20-18(21)22)9-27-17(24)10-4-5-12(25-2)13(8-10)26-3/h4-8H,9H2,1-3H3. The molecule has 0 aliphatic carbocycles. The number of fused-ring (bicyclic) bond motifs is 3. The summed E-state index contributed by atoms with van der Waals surface area (Å²) in [7, 11) is 4.64. The van der Waals surface area contributed by atoms with Gasteiger partial charge in [0.25, 0.3) is 5.56 Å². The van der Waals surface area contributed by atoms with Crippen molar-refractivity contribution in [3.8, 4) is 11.5 Å². The summed E-state index contributed by atoms with van der Waals surface area (Å²) in [6.07, 6.45) is 0. The number of benzene rings is 1. The van der Waals surface area contributed by atoms with Crippen molar-refractivity contribution in [1.29, 1.82) is 0 Å². The summed E-state index contributed by atoms with van der Waals surface area (Å²) in [6.45, 7) is -0.0997. The van der Waals surface area contributed by atoms with Gasteiger partial charge in [0, 0.05) is 7.05 Å². The Hall–Kier alpha value is -3.40. The van der Waals surface area contributed by atoms with Gasteiger partial charge in [-0.25, -0.2) is 4.79 Å². The second kappa shape index (κ2) is 6.97. The third kappa shape index (κ3) is 2.78. The number of thiophene rings is 1. The van der Waals surface area contributed by atoms with Crippen LogP contribution in [0.1, 0.15) is 16.2 Å². The Kier molecular flexibility index (Phi) is 4.47. The Labute approximate surface area is 162 Å². The minimum atomic E-state index is -0.538. The number of rotatable bonds is 5. The molecular formula is C18H16N4O5S. The number of hydrogen-bond acceptors (Lipinski definition) is 8. The van der Waals surface area contributed by atoms with Gasteiger partial charge in [0.15, 0.2) is 23.9 Å². The maximum absolute atomic E-state index is 12.4. The number of hydrogen-bond donors (Lipinski definition) is 0. The van der Waals surface area contributed by atoms with Gasteiger partial charge in [0.1, 0.15) is 4.70 Å². The molecule has 0 fully saturated rings. The van der Waals surface area contributed by atoms with Crippen LogP contribution in [-0.4, -0.2) is 39.4 Å². The van der Waals surface area contributed by atoms with E-state index < -0.39 is 5.97 Å². The summed E-state index contributed by atoms with van der Waals surface area (Å²) in [6, 6.07) is 6.58. The summed E-state index contributed by atoms with van der Waals surface area (Å²) in [5, 5.41) is 9.98. The van der Waals surface area contributed by atoms with Crippen molar-refractivity contribution in [3.05, 3.63) is 51.4 Å². The second-order valence-corrected chi connectivity index (χ2v) is 6.81. The molecule has 10 heteroatoms. The molecule has 28 heavy (non-hydrogen) atoms. The van der Waals surface area contributed by atoms with Gasteiger partial charge in [-0.2, -0.15) is 0 Å². The van der Waals surface area contributed by atoms with Crippen LogP contribution in [0.2, 0.25) is 0 Å². The van der Waals surface area contributed by atoms with Crippen LogP contribution in [0.25, 0.3) is 16.0 Å². The smallest absolute Gasteiger partial charge is 0.338 e. The Bertz CT molecular complexity index is 1260. The highest BCUT2D eigenvalue weighted by Gasteiger charge is 2.18. The Morgan fingerprint density at radius 1 is 1.14 bits per heavy atom. The number of methoxy groups -OCH3 is 2. The average molecular weight is 400 g/mol. The Morgan fingerprint density at radius 2 is 1.93 bits per heavy atom. The summed E-state index contributed by atoms with van der Waals surface area (Å²) in [5.41, 5.74) is 0.864. The number of aromatic nitrogens is 4. The number of aryl methyl sites for hydroxylation is 1. The molecule has 0 spiro atoms. The van der Waals surface area contributed by atoms with Crippen molar-refractivity contribution in [2.45, 2.75) is 6.61 Å². The van der Waals surface area contributed by atoms with E-state index in [1.54, 1.807) is 29.6 Å². The zero-order valence-corrected chi connectivity index (χ0v) is 16.1. The normalized spacial score (nSPS) is 11.1. The van der Waals surface area contributed by atoms with Crippen LogP contribution in [0.4, 0.5) is 0 Å². The molecule has 3 aromatic heterocycles. The molecule has 144 valence electrons. The van der Waals surface area contributed by atoms with Crippen LogP contribution < -0.4 is 15.0 Å². The first-order chi connectivity index (χ1) is 13.5. The van der Waals surface area contributed by atoms with Crippen LogP contribution in [-0.2, 0) is 18.4 Å². The molecule has 0 aliphatic rings. The summed E-state index contributed by atoms with van der Waals surface area (Å²) in [4.78, 5) is 24.8. The first-order valence-electron chi connectivity index (χ1n) is 8.24. The van der Waals surface area contributed by atoms with Gasteiger partial charge in [0.2, 0.25) is 5.78 Å². The maximum atomic E-state index is 12.4. The molecule has 0 radical (unpaired) electrons. The number of ether oxygens (including phenoxy) is 3. The third-order valence-corrected chi connectivity index (χ3v) is 5.24. The predicted octanol–water partition coefficient (Wildman–Crippen LogP) is 2.02. The van der Waals surface area contributed by atoms with Gasteiger partial charge in [0.05, 0.1) is 25.3 Å². The van der Waals surface area contributed by atoms with Gasteiger partial charge in [-0.15, -0.1) is 21.5 Å². The molecule has 0 atom stereocenters. The molecule has 1 aromatic carbocycles. The molecule has 0 saturated heterocycles. The topological polar surface area (TPSA) is 97.0 Å². The minimum Gasteiger partial charge on any atom is -0.493 e. The van der Waals surface area contributed by atoms with E-state index in [0.29, 0.717) is 38.9 Å². The van der Waals surface area contributed by atoms with Crippen LogP contribution in [0, 0.1) is 0 Å². The summed E-state index contributed by atoms with van der Waals surface area (Å²) < 4.78 is 19.5. The average Bonchev–Trinajstić information content (AvgIpc) is 3.36. The highest BCUT2D eigenvalue weighted by Crippen LogP contribution is 2.28. The number of nitrogens with zero attached hydrogens (tertiary/aromatic N) is 4.